The predicted octanol–water partition coefficient (Wildman–Crippen LogP) is 2.58. The molecule has 1 aromatic carbocycles. The van der Waals surface area contributed by atoms with Crippen molar-refractivity contribution in [3.63, 3.8) is 0 Å². The average molecular weight is 204 g/mol. The van der Waals surface area contributed by atoms with E-state index in [1.165, 1.54) is 6.07 Å². The molecule has 2 N–H and O–H groups in total. The standard InChI is InChI=1S/C12H13FN2/c13-10-3-1-4-11-9(10)5-8-15(11)12(14)6-2-7-12/h1,3-5,8H,2,6-7,14H2. The van der Waals surface area contributed by atoms with Crippen molar-refractivity contribution in [2.75, 3.05) is 0 Å². The summed E-state index contributed by atoms with van der Waals surface area (Å²) in [5, 5.41) is 0.661. The maximum Gasteiger partial charge on any atom is 0.132 e. The summed E-state index contributed by atoms with van der Waals surface area (Å²) in [7, 11) is 0. The van der Waals surface area contributed by atoms with Crippen molar-refractivity contribution in [2.45, 2.75) is 24.9 Å². The molecule has 1 saturated carbocycles. The number of aromatic nitrogens is 1. The molecule has 1 aromatic heterocycles. The number of hydrogen-bond donors (Lipinski definition) is 1. The Kier molecular flexibility index (Phi) is 1.68. The van der Waals surface area contributed by atoms with Gasteiger partial charge in [0.15, 0.2) is 0 Å². The van der Waals surface area contributed by atoms with Crippen LogP contribution in [0.15, 0.2) is 30.5 Å². The van der Waals surface area contributed by atoms with Crippen molar-refractivity contribution in [3.8, 4) is 0 Å². The molecule has 0 aliphatic heterocycles. The van der Waals surface area contributed by atoms with Gasteiger partial charge >= 0.3 is 0 Å². The van der Waals surface area contributed by atoms with Crippen LogP contribution in [0.3, 0.4) is 0 Å². The predicted molar refractivity (Wildman–Crippen MR) is 57.9 cm³/mol. The van der Waals surface area contributed by atoms with E-state index in [4.69, 9.17) is 5.73 Å². The van der Waals surface area contributed by atoms with Gasteiger partial charge in [0.2, 0.25) is 0 Å². The van der Waals surface area contributed by atoms with Crippen molar-refractivity contribution in [2.24, 2.45) is 5.73 Å². The Morgan fingerprint density at radius 3 is 2.73 bits per heavy atom. The van der Waals surface area contributed by atoms with Gasteiger partial charge in [-0.05, 0) is 37.5 Å². The molecule has 1 fully saturated rings. The molecule has 78 valence electrons. The molecule has 0 spiro atoms. The van der Waals surface area contributed by atoms with E-state index in [2.05, 4.69) is 0 Å². The van der Waals surface area contributed by atoms with Gasteiger partial charge in [-0.15, -0.1) is 0 Å². The number of rotatable bonds is 1. The number of nitrogens with zero attached hydrogens (tertiary/aromatic N) is 1. The highest BCUT2D eigenvalue weighted by Crippen LogP contribution is 2.36. The smallest absolute Gasteiger partial charge is 0.132 e. The third-order valence-corrected chi connectivity index (χ3v) is 3.38. The fourth-order valence-corrected chi connectivity index (χ4v) is 2.30. The van der Waals surface area contributed by atoms with E-state index < -0.39 is 0 Å². The minimum atomic E-state index is -0.282. The Bertz CT molecular complexity index is 511. The van der Waals surface area contributed by atoms with Gasteiger partial charge in [0.05, 0.1) is 11.2 Å². The molecule has 0 atom stereocenters. The number of halogens is 1. The first kappa shape index (κ1) is 8.92. The van der Waals surface area contributed by atoms with Gasteiger partial charge in [-0.2, -0.15) is 0 Å². The van der Waals surface area contributed by atoms with Gasteiger partial charge in [0, 0.05) is 11.6 Å². The Labute approximate surface area is 87.5 Å². The van der Waals surface area contributed by atoms with Crippen LogP contribution in [0.2, 0.25) is 0 Å². The zero-order valence-electron chi connectivity index (χ0n) is 8.41. The maximum atomic E-state index is 13.5. The van der Waals surface area contributed by atoms with E-state index in [-0.39, 0.29) is 11.5 Å². The molecular weight excluding hydrogens is 191 g/mol. The Balaban J connectivity index is 2.24. The zero-order chi connectivity index (χ0) is 10.5. The van der Waals surface area contributed by atoms with E-state index in [9.17, 15) is 4.39 Å². The van der Waals surface area contributed by atoms with Gasteiger partial charge in [0.25, 0.3) is 0 Å². The highest BCUT2D eigenvalue weighted by molar-refractivity contribution is 5.81. The second-order valence-electron chi connectivity index (χ2n) is 4.32. The summed E-state index contributed by atoms with van der Waals surface area (Å²) in [6, 6.07) is 6.94. The van der Waals surface area contributed by atoms with Crippen molar-refractivity contribution < 1.29 is 4.39 Å². The van der Waals surface area contributed by atoms with Crippen LogP contribution in [0, 0.1) is 5.82 Å². The minimum Gasteiger partial charge on any atom is -0.329 e. The second kappa shape index (κ2) is 2.83. The summed E-state index contributed by atoms with van der Waals surface area (Å²) in [6.45, 7) is 0. The molecular formula is C12H13FN2. The van der Waals surface area contributed by atoms with Gasteiger partial charge in [-0.1, -0.05) is 6.07 Å². The van der Waals surface area contributed by atoms with Crippen LogP contribution < -0.4 is 5.73 Å². The summed E-state index contributed by atoms with van der Waals surface area (Å²) in [6.07, 6.45) is 5.01. The van der Waals surface area contributed by atoms with Crippen LogP contribution in [0.4, 0.5) is 4.39 Å². The number of nitrogens with two attached hydrogens (primary N) is 1. The Morgan fingerprint density at radius 2 is 2.07 bits per heavy atom. The quantitative estimate of drug-likeness (QED) is 0.760. The van der Waals surface area contributed by atoms with Gasteiger partial charge in [-0.25, -0.2) is 4.39 Å². The Hall–Kier alpha value is -1.35. The van der Waals surface area contributed by atoms with E-state index in [0.717, 1.165) is 24.8 Å². The molecule has 2 aromatic rings. The van der Waals surface area contributed by atoms with Crippen LogP contribution in [-0.2, 0) is 5.66 Å². The first-order chi connectivity index (χ1) is 7.21. The average Bonchev–Trinajstić information content (AvgIpc) is 2.60. The number of benzene rings is 1. The fourth-order valence-electron chi connectivity index (χ4n) is 2.30. The molecule has 15 heavy (non-hydrogen) atoms. The first-order valence-corrected chi connectivity index (χ1v) is 5.26. The van der Waals surface area contributed by atoms with Gasteiger partial charge in [-0.3, -0.25) is 0 Å². The van der Waals surface area contributed by atoms with Gasteiger partial charge in [0.1, 0.15) is 5.82 Å². The third-order valence-electron chi connectivity index (χ3n) is 3.38. The van der Waals surface area contributed by atoms with Gasteiger partial charge < -0.3 is 10.3 Å². The third kappa shape index (κ3) is 1.13. The lowest BCUT2D eigenvalue weighted by Crippen LogP contribution is -2.48. The summed E-state index contributed by atoms with van der Waals surface area (Å²) >= 11 is 0. The van der Waals surface area contributed by atoms with Crippen molar-refractivity contribution >= 4 is 10.9 Å². The molecule has 1 aliphatic rings. The van der Waals surface area contributed by atoms with Crippen LogP contribution in [0.5, 0.6) is 0 Å². The molecule has 0 amide bonds. The molecule has 3 rings (SSSR count). The molecule has 0 saturated heterocycles. The monoisotopic (exact) mass is 204 g/mol. The molecule has 0 unspecified atom stereocenters. The largest absolute Gasteiger partial charge is 0.329 e. The van der Waals surface area contributed by atoms with Crippen molar-refractivity contribution in [1.29, 1.82) is 0 Å². The topological polar surface area (TPSA) is 30.9 Å². The zero-order valence-corrected chi connectivity index (χ0v) is 8.41. The van der Waals surface area contributed by atoms with E-state index in [1.807, 2.05) is 16.8 Å². The summed E-state index contributed by atoms with van der Waals surface area (Å²) in [5.41, 5.74) is 6.84. The number of fused-ring (bicyclic) bond motifs is 1. The second-order valence-corrected chi connectivity index (χ2v) is 4.32. The maximum absolute atomic E-state index is 13.5. The SMILES string of the molecule is NC1(n2ccc3c(F)cccc32)CCC1. The van der Waals surface area contributed by atoms with Crippen molar-refractivity contribution in [1.82, 2.24) is 4.57 Å². The molecule has 0 radical (unpaired) electrons. The fraction of sp³-hybridized carbons (Fsp3) is 0.333. The highest BCUT2D eigenvalue weighted by Gasteiger charge is 2.34. The lowest BCUT2D eigenvalue weighted by molar-refractivity contribution is 0.158. The van der Waals surface area contributed by atoms with Crippen molar-refractivity contribution in [3.05, 3.63) is 36.3 Å². The number of hydrogen-bond acceptors (Lipinski definition) is 1. The lowest BCUT2D eigenvalue weighted by Gasteiger charge is -2.40. The van der Waals surface area contributed by atoms with E-state index in [1.54, 1.807) is 12.1 Å². The molecule has 0 bridgehead atoms. The normalized spacial score (nSPS) is 19.1. The van der Waals surface area contributed by atoms with Crippen LogP contribution in [-0.4, -0.2) is 4.57 Å². The summed E-state index contributed by atoms with van der Waals surface area (Å²) < 4.78 is 15.5. The van der Waals surface area contributed by atoms with Crippen LogP contribution in [0.25, 0.3) is 10.9 Å². The summed E-state index contributed by atoms with van der Waals surface area (Å²) in [5.74, 6) is -0.172. The molecule has 3 heteroatoms. The van der Waals surface area contributed by atoms with Crippen LogP contribution >= 0.6 is 0 Å². The molecule has 1 aliphatic carbocycles. The minimum absolute atomic E-state index is 0.172. The molecule has 2 nitrogen and oxygen atoms in total. The first-order valence-electron chi connectivity index (χ1n) is 5.26. The van der Waals surface area contributed by atoms with E-state index >= 15 is 0 Å². The van der Waals surface area contributed by atoms with Crippen LogP contribution in [0.1, 0.15) is 19.3 Å². The summed E-state index contributed by atoms with van der Waals surface area (Å²) in [4.78, 5) is 0. The highest BCUT2D eigenvalue weighted by atomic mass is 19.1. The molecule has 1 heterocycles. The Morgan fingerprint density at radius 1 is 1.27 bits per heavy atom. The lowest BCUT2D eigenvalue weighted by atomic mass is 9.85. The van der Waals surface area contributed by atoms with E-state index in [0.29, 0.717) is 5.39 Å².